The van der Waals surface area contributed by atoms with Gasteiger partial charge in [0.2, 0.25) is 0 Å². The highest BCUT2D eigenvalue weighted by atomic mass is 19.1. The Hall–Kier alpha value is -2.88. The molecule has 1 aromatic heterocycles. The number of nitrogens with one attached hydrogen (secondary N) is 2. The number of alkyl halides is 2. The number of halogens is 2. The number of benzene rings is 2. The molecule has 34 heavy (non-hydrogen) atoms. The van der Waals surface area contributed by atoms with E-state index in [1.54, 1.807) is 12.1 Å². The third-order valence-electron chi connectivity index (χ3n) is 6.89. The first-order chi connectivity index (χ1) is 16.4. The van der Waals surface area contributed by atoms with Gasteiger partial charge in [-0.2, -0.15) is 5.10 Å². The summed E-state index contributed by atoms with van der Waals surface area (Å²) in [5, 5.41) is 20.0. The second-order valence-electron chi connectivity index (χ2n) is 9.02. The maximum absolute atomic E-state index is 13.3. The van der Waals surface area contributed by atoms with Gasteiger partial charge in [-0.05, 0) is 42.0 Å². The Kier molecular flexibility index (Phi) is 7.25. The van der Waals surface area contributed by atoms with Crippen LogP contribution in [0.4, 0.5) is 8.78 Å². The summed E-state index contributed by atoms with van der Waals surface area (Å²) >= 11 is 0. The lowest BCUT2D eigenvalue weighted by molar-refractivity contribution is -0.0196. The van der Waals surface area contributed by atoms with Crippen LogP contribution in [0.1, 0.15) is 48.1 Å². The van der Waals surface area contributed by atoms with Crippen LogP contribution in [0.5, 0.6) is 0 Å². The molecule has 0 radical (unpaired) electrons. The molecule has 182 valence electrons. The van der Waals surface area contributed by atoms with E-state index < -0.39 is 24.4 Å². The van der Waals surface area contributed by atoms with Crippen molar-refractivity contribution < 1.29 is 18.6 Å². The van der Waals surface area contributed by atoms with Crippen LogP contribution in [-0.4, -0.2) is 39.6 Å². The zero-order chi connectivity index (χ0) is 24.2. The minimum Gasteiger partial charge on any atom is -0.394 e. The zero-order valence-corrected chi connectivity index (χ0v) is 19.1. The molecule has 2 aromatic carbocycles. The molecular weight excluding hydrogens is 442 g/mol. The molecule has 4 rings (SSSR count). The summed E-state index contributed by atoms with van der Waals surface area (Å²) in [4.78, 5) is 12.2. The van der Waals surface area contributed by atoms with Crippen molar-refractivity contribution in [1.29, 1.82) is 0 Å². The predicted molar refractivity (Wildman–Crippen MR) is 124 cm³/mol. The van der Waals surface area contributed by atoms with Gasteiger partial charge in [0.1, 0.15) is 19.7 Å². The van der Waals surface area contributed by atoms with Crippen LogP contribution in [0.25, 0.3) is 0 Å². The molecule has 7 nitrogen and oxygen atoms in total. The first kappa shape index (κ1) is 24.3. The Balaban J connectivity index is 1.58. The van der Waals surface area contributed by atoms with Gasteiger partial charge >= 0.3 is 5.69 Å². The molecule has 3 aromatic rings. The van der Waals surface area contributed by atoms with E-state index in [9.17, 15) is 18.7 Å². The van der Waals surface area contributed by atoms with Crippen LogP contribution in [0.3, 0.4) is 0 Å². The monoisotopic (exact) mass is 472 g/mol. The van der Waals surface area contributed by atoms with Crippen molar-refractivity contribution in [2.45, 2.75) is 50.3 Å². The van der Waals surface area contributed by atoms with Crippen LogP contribution in [-0.2, 0) is 29.2 Å². The molecule has 3 atom stereocenters. The number of rotatable bonds is 9. The number of aliphatic hydroxyl groups excluding tert-OH is 1. The van der Waals surface area contributed by atoms with Gasteiger partial charge in [-0.3, -0.25) is 4.57 Å². The predicted octanol–water partition coefficient (Wildman–Crippen LogP) is 3.25. The van der Waals surface area contributed by atoms with E-state index in [0.717, 1.165) is 11.1 Å². The maximum Gasteiger partial charge on any atom is 0.343 e. The van der Waals surface area contributed by atoms with Crippen LogP contribution in [0.2, 0.25) is 0 Å². The average molecular weight is 473 g/mol. The highest BCUT2D eigenvalue weighted by molar-refractivity contribution is 5.31. The summed E-state index contributed by atoms with van der Waals surface area (Å²) in [5.74, 6) is 0. The molecule has 0 unspecified atom stereocenters. The van der Waals surface area contributed by atoms with Crippen molar-refractivity contribution in [3.63, 3.8) is 0 Å². The van der Waals surface area contributed by atoms with Crippen LogP contribution < -0.4 is 11.0 Å². The minimum atomic E-state index is -0.820. The van der Waals surface area contributed by atoms with Gasteiger partial charge in [0.15, 0.2) is 0 Å². The van der Waals surface area contributed by atoms with Crippen molar-refractivity contribution in [2.24, 2.45) is 0 Å². The van der Waals surface area contributed by atoms with Gasteiger partial charge in [-0.1, -0.05) is 48.5 Å². The van der Waals surface area contributed by atoms with Gasteiger partial charge in [0.05, 0.1) is 30.4 Å². The van der Waals surface area contributed by atoms with E-state index in [0.29, 0.717) is 37.1 Å². The average Bonchev–Trinajstić information content (AvgIpc) is 3.34. The van der Waals surface area contributed by atoms with Gasteiger partial charge in [0, 0.05) is 6.54 Å². The Labute approximate surface area is 196 Å². The highest BCUT2D eigenvalue weighted by Crippen LogP contribution is 2.38. The van der Waals surface area contributed by atoms with E-state index in [4.69, 9.17) is 4.74 Å². The molecule has 1 fully saturated rings. The first-order valence-electron chi connectivity index (χ1n) is 11.4. The van der Waals surface area contributed by atoms with Crippen molar-refractivity contribution in [2.75, 3.05) is 19.8 Å². The van der Waals surface area contributed by atoms with Crippen molar-refractivity contribution >= 4 is 0 Å². The Morgan fingerprint density at radius 1 is 1.15 bits per heavy atom. The summed E-state index contributed by atoms with van der Waals surface area (Å²) in [6.45, 7) is 0.941. The molecule has 0 aliphatic carbocycles. The molecule has 3 N–H and O–H groups in total. The van der Waals surface area contributed by atoms with E-state index in [2.05, 4.69) is 15.5 Å². The third-order valence-corrected chi connectivity index (χ3v) is 6.89. The lowest BCUT2D eigenvalue weighted by Crippen LogP contribution is -2.61. The van der Waals surface area contributed by atoms with E-state index in [1.807, 2.05) is 37.3 Å². The number of nitrogens with zero attached hydrogens (tertiary/aromatic N) is 2. The summed E-state index contributed by atoms with van der Waals surface area (Å²) in [7, 11) is 0. The third kappa shape index (κ3) is 4.68. The molecule has 0 spiro atoms. The Bertz CT molecular complexity index is 1120. The smallest absolute Gasteiger partial charge is 0.343 e. The lowest BCUT2D eigenvalue weighted by atomic mass is 9.76. The van der Waals surface area contributed by atoms with Gasteiger partial charge in [0.25, 0.3) is 0 Å². The second kappa shape index (κ2) is 10.2. The number of piperidine rings is 1. The minimum absolute atomic E-state index is 0.219. The number of aromatic nitrogens is 3. The van der Waals surface area contributed by atoms with Crippen molar-refractivity contribution in [3.05, 3.63) is 87.6 Å². The van der Waals surface area contributed by atoms with Crippen molar-refractivity contribution in [3.8, 4) is 0 Å². The fraction of sp³-hybridized carbons (Fsp3) is 0.440. The normalized spacial score (nSPS) is 23.6. The summed E-state index contributed by atoms with van der Waals surface area (Å²) in [5.41, 5.74) is 0.831. The molecule has 1 saturated heterocycles. The van der Waals surface area contributed by atoms with Crippen LogP contribution in [0.15, 0.2) is 59.7 Å². The molecule has 1 aliphatic rings. The second-order valence-corrected chi connectivity index (χ2v) is 9.02. The highest BCUT2D eigenvalue weighted by Gasteiger charge is 2.45. The molecular formula is C25H30F2N4O3. The van der Waals surface area contributed by atoms with Crippen LogP contribution >= 0.6 is 0 Å². The van der Waals surface area contributed by atoms with Gasteiger partial charge in [-0.15, -0.1) is 0 Å². The number of aromatic amines is 1. The summed E-state index contributed by atoms with van der Waals surface area (Å²) in [6.07, 6.45) is 2.13. The number of hydrogen-bond donors (Lipinski definition) is 3. The molecule has 1 aliphatic heterocycles. The lowest BCUT2D eigenvalue weighted by Gasteiger charge is -2.47. The quantitative estimate of drug-likeness (QED) is 0.445. The fourth-order valence-electron chi connectivity index (χ4n) is 4.71. The van der Waals surface area contributed by atoms with Gasteiger partial charge in [-0.25, -0.2) is 18.7 Å². The first-order valence-corrected chi connectivity index (χ1v) is 11.4. The van der Waals surface area contributed by atoms with Crippen LogP contribution in [0, 0.1) is 0 Å². The fourth-order valence-corrected chi connectivity index (χ4v) is 4.71. The summed E-state index contributed by atoms with van der Waals surface area (Å²) < 4.78 is 34.3. The number of aliphatic hydroxyl groups is 1. The molecule has 2 heterocycles. The Morgan fingerprint density at radius 3 is 2.38 bits per heavy atom. The van der Waals surface area contributed by atoms with E-state index in [-0.39, 0.29) is 18.4 Å². The maximum atomic E-state index is 13.3. The standard InChI is InChI=1S/C25H30F2N4O3/c1-18(21-10-19(12-26)9-20(11-21)13-27)34-16-25(22-5-3-2-4-6-22)8-7-24(15-32,14-28-25)31-17-29-30-23(31)33/h2-6,9-11,17-18,28,32H,7-8,12-16H2,1H3,(H,30,33)/t18-,24+,25-/m1/s1. The molecule has 0 bridgehead atoms. The number of H-pyrrole nitrogens is 1. The van der Waals surface area contributed by atoms with Gasteiger partial charge < -0.3 is 15.2 Å². The molecule has 9 heteroatoms. The van der Waals surface area contributed by atoms with E-state index in [1.165, 1.54) is 17.0 Å². The Morgan fingerprint density at radius 2 is 1.85 bits per heavy atom. The molecule has 0 amide bonds. The SMILES string of the molecule is C[C@@H](OC[C@@]1(c2ccccc2)CC[C@](CO)(n2cn[nH]c2=O)CN1)c1cc(CF)cc(CF)c1. The zero-order valence-electron chi connectivity index (χ0n) is 19.1. The number of ether oxygens (including phenoxy) is 1. The topological polar surface area (TPSA) is 92.2 Å². The van der Waals surface area contributed by atoms with Crippen molar-refractivity contribution in [1.82, 2.24) is 20.1 Å². The number of hydrogen-bond acceptors (Lipinski definition) is 5. The largest absolute Gasteiger partial charge is 0.394 e. The summed E-state index contributed by atoms with van der Waals surface area (Å²) in [6, 6.07) is 14.8. The molecule has 0 saturated carbocycles. The van der Waals surface area contributed by atoms with E-state index >= 15 is 0 Å².